The largest absolute Gasteiger partial charge is 0.326 e. The van der Waals surface area contributed by atoms with Gasteiger partial charge in [-0.05, 0) is 42.2 Å². The highest BCUT2D eigenvalue weighted by molar-refractivity contribution is 7.98. The molecule has 0 saturated carbocycles. The molecule has 0 bridgehead atoms. The van der Waals surface area contributed by atoms with Gasteiger partial charge in [-0.2, -0.15) is 0 Å². The Hall–Kier alpha value is -2.38. The van der Waals surface area contributed by atoms with E-state index in [-0.39, 0.29) is 24.2 Å². The topological polar surface area (TPSA) is 71.1 Å². The van der Waals surface area contributed by atoms with E-state index in [1.807, 2.05) is 62.6 Å². The van der Waals surface area contributed by atoms with Crippen LogP contribution in [0.25, 0.3) is 10.2 Å². The van der Waals surface area contributed by atoms with Crippen LogP contribution in [-0.4, -0.2) is 23.1 Å². The van der Waals surface area contributed by atoms with Gasteiger partial charge >= 0.3 is 0 Å². The Morgan fingerprint density at radius 1 is 1.15 bits per heavy atom. The molecule has 0 radical (unpaired) electrons. The van der Waals surface area contributed by atoms with Gasteiger partial charge in [0.15, 0.2) is 5.13 Å². The van der Waals surface area contributed by atoms with E-state index in [1.165, 1.54) is 11.3 Å². The molecule has 0 aliphatic heterocycles. The summed E-state index contributed by atoms with van der Waals surface area (Å²) in [5.74, 6) is -0.215. The summed E-state index contributed by atoms with van der Waals surface area (Å²) in [5.41, 5.74) is 2.52. The number of hydrogen-bond donors (Lipinski definition) is 2. The molecule has 5 nitrogen and oxygen atoms in total. The van der Waals surface area contributed by atoms with Crippen molar-refractivity contribution in [3.63, 3.8) is 0 Å². The van der Waals surface area contributed by atoms with Gasteiger partial charge in [0.25, 0.3) is 0 Å². The molecule has 1 aromatic heterocycles. The molecule has 0 fully saturated rings. The first-order valence-electron chi connectivity index (χ1n) is 8.59. The van der Waals surface area contributed by atoms with Crippen molar-refractivity contribution in [2.45, 2.75) is 25.2 Å². The predicted octanol–water partition coefficient (Wildman–Crippen LogP) is 4.79. The molecular weight excluding hydrogens is 378 g/mol. The van der Waals surface area contributed by atoms with Crippen molar-refractivity contribution in [1.82, 2.24) is 4.98 Å². The third kappa shape index (κ3) is 5.08. The molecule has 2 aromatic carbocycles. The zero-order chi connectivity index (χ0) is 19.4. The lowest BCUT2D eigenvalue weighted by molar-refractivity contribution is -0.119. The first kappa shape index (κ1) is 19.4. The monoisotopic (exact) mass is 399 g/mol. The number of nitrogens with zero attached hydrogens (tertiary/aromatic N) is 1. The molecular formula is C20H21N3O2S2. The number of nitrogens with one attached hydrogen (secondary N) is 2. The SMILES string of the molecule is CSc1cccc(NC(=O)Cc2ccc3nc(NC(=O)C(C)C)sc3c2)c1. The van der Waals surface area contributed by atoms with E-state index in [9.17, 15) is 9.59 Å². The highest BCUT2D eigenvalue weighted by Crippen LogP contribution is 2.27. The van der Waals surface area contributed by atoms with E-state index in [0.29, 0.717) is 5.13 Å². The highest BCUT2D eigenvalue weighted by atomic mass is 32.2. The standard InChI is InChI=1S/C20H21N3O2S2/c1-12(2)19(25)23-20-22-16-8-7-13(9-17(16)27-20)10-18(24)21-14-5-4-6-15(11-14)26-3/h4-9,11-12H,10H2,1-3H3,(H,21,24)(H,22,23,25). The number of carbonyl (C=O) groups is 2. The van der Waals surface area contributed by atoms with Crippen LogP contribution >= 0.6 is 23.1 Å². The van der Waals surface area contributed by atoms with Crippen LogP contribution in [0.2, 0.25) is 0 Å². The van der Waals surface area contributed by atoms with Gasteiger partial charge in [0.2, 0.25) is 11.8 Å². The molecule has 2 amide bonds. The molecule has 2 N–H and O–H groups in total. The molecule has 27 heavy (non-hydrogen) atoms. The summed E-state index contributed by atoms with van der Waals surface area (Å²) < 4.78 is 0.948. The third-order valence-corrected chi connectivity index (χ3v) is 5.58. The zero-order valence-electron chi connectivity index (χ0n) is 15.4. The first-order chi connectivity index (χ1) is 12.9. The van der Waals surface area contributed by atoms with Crippen LogP contribution < -0.4 is 10.6 Å². The Labute approximate surface area is 166 Å². The fourth-order valence-electron chi connectivity index (χ4n) is 2.47. The van der Waals surface area contributed by atoms with Crippen molar-refractivity contribution in [3.05, 3.63) is 48.0 Å². The van der Waals surface area contributed by atoms with E-state index in [4.69, 9.17) is 0 Å². The number of fused-ring (bicyclic) bond motifs is 1. The fourth-order valence-corrected chi connectivity index (χ4v) is 3.87. The molecule has 0 aliphatic carbocycles. The van der Waals surface area contributed by atoms with Crippen LogP contribution in [0.3, 0.4) is 0 Å². The minimum atomic E-state index is -0.0964. The summed E-state index contributed by atoms with van der Waals surface area (Å²) in [6.07, 6.45) is 2.29. The molecule has 1 heterocycles. The summed E-state index contributed by atoms with van der Waals surface area (Å²) in [5, 5.41) is 6.34. The second-order valence-electron chi connectivity index (χ2n) is 6.42. The maximum atomic E-state index is 12.4. The molecule has 140 valence electrons. The van der Waals surface area contributed by atoms with E-state index < -0.39 is 0 Å². The quantitative estimate of drug-likeness (QED) is 0.585. The van der Waals surface area contributed by atoms with Gasteiger partial charge in [-0.3, -0.25) is 9.59 Å². The number of benzene rings is 2. The number of anilines is 2. The predicted molar refractivity (Wildman–Crippen MR) is 114 cm³/mol. The number of thioether (sulfide) groups is 1. The van der Waals surface area contributed by atoms with Crippen LogP contribution in [0.4, 0.5) is 10.8 Å². The maximum Gasteiger partial charge on any atom is 0.228 e. The minimum Gasteiger partial charge on any atom is -0.326 e. The Bertz CT molecular complexity index is 982. The van der Waals surface area contributed by atoms with Crippen LogP contribution in [0, 0.1) is 5.92 Å². The fraction of sp³-hybridized carbons (Fsp3) is 0.250. The Morgan fingerprint density at radius 2 is 1.96 bits per heavy atom. The average molecular weight is 400 g/mol. The van der Waals surface area contributed by atoms with Gasteiger partial charge in [0, 0.05) is 16.5 Å². The lowest BCUT2D eigenvalue weighted by Gasteiger charge is -2.06. The van der Waals surface area contributed by atoms with Crippen molar-refractivity contribution in [3.8, 4) is 0 Å². The molecule has 3 rings (SSSR count). The summed E-state index contributed by atoms with van der Waals surface area (Å²) >= 11 is 3.05. The Kier molecular flexibility index (Phi) is 6.13. The van der Waals surface area contributed by atoms with Gasteiger partial charge in [0.1, 0.15) is 0 Å². The van der Waals surface area contributed by atoms with Crippen LogP contribution in [0.5, 0.6) is 0 Å². The summed E-state index contributed by atoms with van der Waals surface area (Å²) in [6.45, 7) is 3.68. The molecule has 3 aromatic rings. The van der Waals surface area contributed by atoms with Crippen molar-refractivity contribution >= 4 is 55.9 Å². The molecule has 7 heteroatoms. The number of carbonyl (C=O) groups excluding carboxylic acids is 2. The highest BCUT2D eigenvalue weighted by Gasteiger charge is 2.12. The number of aromatic nitrogens is 1. The zero-order valence-corrected chi connectivity index (χ0v) is 17.0. The van der Waals surface area contributed by atoms with Gasteiger partial charge in [-0.25, -0.2) is 4.98 Å². The smallest absolute Gasteiger partial charge is 0.228 e. The Balaban J connectivity index is 1.69. The second kappa shape index (κ2) is 8.54. The lowest BCUT2D eigenvalue weighted by Crippen LogP contribution is -2.17. The summed E-state index contributed by atoms with van der Waals surface area (Å²) in [4.78, 5) is 29.7. The van der Waals surface area contributed by atoms with Gasteiger partial charge in [0.05, 0.1) is 16.6 Å². The van der Waals surface area contributed by atoms with E-state index in [2.05, 4.69) is 15.6 Å². The van der Waals surface area contributed by atoms with Crippen molar-refractivity contribution in [2.75, 3.05) is 16.9 Å². The maximum absolute atomic E-state index is 12.4. The normalized spacial score (nSPS) is 11.0. The number of thiazole rings is 1. The molecule has 0 saturated heterocycles. The Morgan fingerprint density at radius 3 is 2.70 bits per heavy atom. The van der Waals surface area contributed by atoms with Gasteiger partial charge in [-0.1, -0.05) is 37.3 Å². The average Bonchev–Trinajstić information content (AvgIpc) is 3.03. The number of rotatable bonds is 6. The number of amides is 2. The van der Waals surface area contributed by atoms with Gasteiger partial charge in [-0.15, -0.1) is 11.8 Å². The molecule has 0 aliphatic rings. The van der Waals surface area contributed by atoms with Gasteiger partial charge < -0.3 is 10.6 Å². The van der Waals surface area contributed by atoms with Crippen molar-refractivity contribution in [1.29, 1.82) is 0 Å². The van der Waals surface area contributed by atoms with E-state index >= 15 is 0 Å². The molecule has 0 spiro atoms. The van der Waals surface area contributed by atoms with Crippen LogP contribution in [0.1, 0.15) is 19.4 Å². The lowest BCUT2D eigenvalue weighted by atomic mass is 10.1. The van der Waals surface area contributed by atoms with Crippen molar-refractivity contribution in [2.24, 2.45) is 5.92 Å². The first-order valence-corrected chi connectivity index (χ1v) is 10.6. The third-order valence-electron chi connectivity index (χ3n) is 3.93. The van der Waals surface area contributed by atoms with Crippen LogP contribution in [-0.2, 0) is 16.0 Å². The minimum absolute atomic E-state index is 0.0545. The molecule has 0 unspecified atom stereocenters. The molecule has 0 atom stereocenters. The van der Waals surface area contributed by atoms with E-state index in [1.54, 1.807) is 11.8 Å². The van der Waals surface area contributed by atoms with Crippen LogP contribution in [0.15, 0.2) is 47.4 Å². The second-order valence-corrected chi connectivity index (χ2v) is 8.33. The number of hydrogen-bond acceptors (Lipinski definition) is 5. The summed E-state index contributed by atoms with van der Waals surface area (Å²) in [6, 6.07) is 13.5. The van der Waals surface area contributed by atoms with E-state index in [0.717, 1.165) is 26.4 Å². The summed E-state index contributed by atoms with van der Waals surface area (Å²) in [7, 11) is 0. The van der Waals surface area contributed by atoms with Crippen molar-refractivity contribution < 1.29 is 9.59 Å².